The first-order valence-corrected chi connectivity index (χ1v) is 7.52. The molecule has 3 aromatic rings. The number of aryl methyl sites for hydroxylation is 1. The zero-order valence-electron chi connectivity index (χ0n) is 13.4. The molecule has 0 aliphatic carbocycles. The van der Waals surface area contributed by atoms with Crippen LogP contribution in [-0.2, 0) is 6.61 Å². The van der Waals surface area contributed by atoms with E-state index in [9.17, 15) is 0 Å². The number of nitrogens with two attached hydrogens (primary N) is 1. The minimum atomic E-state index is 0. The highest BCUT2D eigenvalue weighted by Crippen LogP contribution is 2.31. The van der Waals surface area contributed by atoms with Gasteiger partial charge in [-0.15, -0.1) is 12.4 Å². The Kier molecular flexibility index (Phi) is 6.10. The maximum atomic E-state index is 5.96. The van der Waals surface area contributed by atoms with Gasteiger partial charge in [-0.05, 0) is 48.4 Å². The van der Waals surface area contributed by atoms with Gasteiger partial charge in [-0.1, -0.05) is 42.5 Å². The number of ether oxygens (including phenoxy) is 2. The van der Waals surface area contributed by atoms with E-state index in [1.165, 1.54) is 0 Å². The molecular formula is C20H20ClNO2. The molecular weight excluding hydrogens is 322 g/mol. The number of hydrogen-bond acceptors (Lipinski definition) is 3. The van der Waals surface area contributed by atoms with E-state index in [0.717, 1.165) is 22.6 Å². The topological polar surface area (TPSA) is 44.5 Å². The molecule has 0 atom stereocenters. The summed E-state index contributed by atoms with van der Waals surface area (Å²) >= 11 is 0. The number of para-hydroxylation sites is 1. The van der Waals surface area contributed by atoms with Crippen LogP contribution in [0, 0.1) is 6.92 Å². The molecule has 0 saturated heterocycles. The van der Waals surface area contributed by atoms with E-state index >= 15 is 0 Å². The molecule has 0 spiro atoms. The highest BCUT2D eigenvalue weighted by Gasteiger charge is 2.05. The largest absolute Gasteiger partial charge is 0.489 e. The highest BCUT2D eigenvalue weighted by molar-refractivity contribution is 5.85. The average molecular weight is 342 g/mol. The summed E-state index contributed by atoms with van der Waals surface area (Å²) in [6.07, 6.45) is 0. The van der Waals surface area contributed by atoms with E-state index in [1.807, 2.05) is 79.7 Å². The van der Waals surface area contributed by atoms with E-state index in [4.69, 9.17) is 15.2 Å². The van der Waals surface area contributed by atoms with Crippen molar-refractivity contribution < 1.29 is 9.47 Å². The zero-order valence-corrected chi connectivity index (χ0v) is 14.3. The Morgan fingerprint density at radius 1 is 0.792 bits per heavy atom. The molecule has 3 nitrogen and oxygen atoms in total. The van der Waals surface area contributed by atoms with Crippen LogP contribution in [0.15, 0.2) is 72.8 Å². The Morgan fingerprint density at radius 2 is 1.46 bits per heavy atom. The fraction of sp³-hybridized carbons (Fsp3) is 0.100. The Hall–Kier alpha value is -2.65. The van der Waals surface area contributed by atoms with Crippen LogP contribution in [0.2, 0.25) is 0 Å². The minimum absolute atomic E-state index is 0. The van der Waals surface area contributed by atoms with Crippen LogP contribution < -0.4 is 15.2 Å². The summed E-state index contributed by atoms with van der Waals surface area (Å²) in [7, 11) is 0. The van der Waals surface area contributed by atoms with Crippen LogP contribution >= 0.6 is 12.4 Å². The summed E-state index contributed by atoms with van der Waals surface area (Å²) in [4.78, 5) is 0. The summed E-state index contributed by atoms with van der Waals surface area (Å²) in [5.41, 5.74) is 8.74. The SMILES string of the molecule is Cc1cccc(N)c1Oc1ccc(OCc2ccccc2)cc1.Cl. The quantitative estimate of drug-likeness (QED) is 0.634. The van der Waals surface area contributed by atoms with Crippen LogP contribution in [0.4, 0.5) is 5.69 Å². The average Bonchev–Trinajstić information content (AvgIpc) is 2.58. The number of hydrogen-bond donors (Lipinski definition) is 1. The van der Waals surface area contributed by atoms with Crippen LogP contribution in [0.5, 0.6) is 17.2 Å². The van der Waals surface area contributed by atoms with E-state index in [1.54, 1.807) is 0 Å². The van der Waals surface area contributed by atoms with Gasteiger partial charge < -0.3 is 15.2 Å². The van der Waals surface area contributed by atoms with Crippen molar-refractivity contribution in [3.63, 3.8) is 0 Å². The van der Waals surface area contributed by atoms with Crippen molar-refractivity contribution in [3.8, 4) is 17.2 Å². The normalized spacial score (nSPS) is 9.88. The molecule has 2 N–H and O–H groups in total. The predicted molar refractivity (Wildman–Crippen MR) is 100 cm³/mol. The Bertz CT molecular complexity index is 753. The van der Waals surface area contributed by atoms with Crippen LogP contribution in [0.1, 0.15) is 11.1 Å². The second-order valence-corrected chi connectivity index (χ2v) is 5.34. The summed E-state index contributed by atoms with van der Waals surface area (Å²) < 4.78 is 11.6. The van der Waals surface area contributed by atoms with Crippen LogP contribution in [-0.4, -0.2) is 0 Å². The fourth-order valence-corrected chi connectivity index (χ4v) is 2.28. The van der Waals surface area contributed by atoms with Crippen molar-refractivity contribution in [1.82, 2.24) is 0 Å². The van der Waals surface area contributed by atoms with Crippen molar-refractivity contribution >= 4 is 18.1 Å². The number of nitrogen functional groups attached to an aromatic ring is 1. The number of anilines is 1. The third-order valence-electron chi connectivity index (χ3n) is 3.53. The third-order valence-corrected chi connectivity index (χ3v) is 3.53. The smallest absolute Gasteiger partial charge is 0.153 e. The Labute approximate surface area is 148 Å². The van der Waals surface area contributed by atoms with E-state index in [-0.39, 0.29) is 12.4 Å². The summed E-state index contributed by atoms with van der Waals surface area (Å²) in [5, 5.41) is 0. The molecule has 124 valence electrons. The fourth-order valence-electron chi connectivity index (χ4n) is 2.28. The van der Waals surface area contributed by atoms with E-state index in [2.05, 4.69) is 0 Å². The molecule has 0 unspecified atom stereocenters. The molecule has 3 rings (SSSR count). The second-order valence-electron chi connectivity index (χ2n) is 5.34. The number of halogens is 1. The summed E-state index contributed by atoms with van der Waals surface area (Å²) in [5.74, 6) is 2.24. The van der Waals surface area contributed by atoms with Gasteiger partial charge in [0.1, 0.15) is 18.1 Å². The van der Waals surface area contributed by atoms with Crippen molar-refractivity contribution in [2.45, 2.75) is 13.5 Å². The standard InChI is InChI=1S/C20H19NO2.ClH/c1-15-6-5-9-19(21)20(15)23-18-12-10-17(11-13-18)22-14-16-7-3-2-4-8-16;/h2-13H,14,21H2,1H3;1H. The molecule has 0 fully saturated rings. The van der Waals surface area contributed by atoms with E-state index < -0.39 is 0 Å². The lowest BCUT2D eigenvalue weighted by molar-refractivity contribution is 0.306. The maximum absolute atomic E-state index is 5.96. The van der Waals surface area contributed by atoms with Gasteiger partial charge in [0.25, 0.3) is 0 Å². The van der Waals surface area contributed by atoms with Gasteiger partial charge in [-0.3, -0.25) is 0 Å². The lowest BCUT2D eigenvalue weighted by Gasteiger charge is -2.12. The lowest BCUT2D eigenvalue weighted by Crippen LogP contribution is -1.96. The molecule has 0 radical (unpaired) electrons. The van der Waals surface area contributed by atoms with Gasteiger partial charge in [-0.2, -0.15) is 0 Å². The van der Waals surface area contributed by atoms with Crippen LogP contribution in [0.3, 0.4) is 0 Å². The molecule has 0 aliphatic heterocycles. The predicted octanol–water partition coefficient (Wildman–Crippen LogP) is 5.37. The van der Waals surface area contributed by atoms with Gasteiger partial charge in [0.05, 0.1) is 5.69 Å². The first-order valence-electron chi connectivity index (χ1n) is 7.52. The highest BCUT2D eigenvalue weighted by atomic mass is 35.5. The Morgan fingerprint density at radius 3 is 2.12 bits per heavy atom. The molecule has 0 heterocycles. The first kappa shape index (κ1) is 17.7. The lowest BCUT2D eigenvalue weighted by atomic mass is 10.2. The number of rotatable bonds is 5. The number of benzene rings is 3. The van der Waals surface area contributed by atoms with Gasteiger partial charge in [0, 0.05) is 0 Å². The van der Waals surface area contributed by atoms with Crippen molar-refractivity contribution in [2.75, 3.05) is 5.73 Å². The summed E-state index contributed by atoms with van der Waals surface area (Å²) in [6, 6.07) is 23.4. The van der Waals surface area contributed by atoms with Gasteiger partial charge >= 0.3 is 0 Å². The molecule has 0 aliphatic rings. The van der Waals surface area contributed by atoms with Crippen molar-refractivity contribution in [2.24, 2.45) is 0 Å². The second kappa shape index (κ2) is 8.27. The minimum Gasteiger partial charge on any atom is -0.489 e. The Balaban J connectivity index is 0.00000208. The first-order chi connectivity index (χ1) is 11.2. The molecule has 0 amide bonds. The third kappa shape index (κ3) is 4.43. The monoisotopic (exact) mass is 341 g/mol. The van der Waals surface area contributed by atoms with Crippen LogP contribution in [0.25, 0.3) is 0 Å². The van der Waals surface area contributed by atoms with Gasteiger partial charge in [0.2, 0.25) is 0 Å². The summed E-state index contributed by atoms with van der Waals surface area (Å²) in [6.45, 7) is 2.52. The molecule has 3 aromatic carbocycles. The molecule has 0 bridgehead atoms. The molecule has 24 heavy (non-hydrogen) atoms. The van der Waals surface area contributed by atoms with Crippen molar-refractivity contribution in [3.05, 3.63) is 83.9 Å². The zero-order chi connectivity index (χ0) is 16.1. The maximum Gasteiger partial charge on any atom is 0.153 e. The molecule has 4 heteroatoms. The molecule has 0 aromatic heterocycles. The van der Waals surface area contributed by atoms with E-state index in [0.29, 0.717) is 18.0 Å². The van der Waals surface area contributed by atoms with Crippen molar-refractivity contribution in [1.29, 1.82) is 0 Å². The van der Waals surface area contributed by atoms with Gasteiger partial charge in [0.15, 0.2) is 5.75 Å². The van der Waals surface area contributed by atoms with Gasteiger partial charge in [-0.25, -0.2) is 0 Å². The molecule has 0 saturated carbocycles.